The molecule has 3 aromatic rings. The topological polar surface area (TPSA) is 84.5 Å². The molecule has 2 N–H and O–H groups in total. The van der Waals surface area contributed by atoms with Crippen molar-refractivity contribution in [2.24, 2.45) is 0 Å². The Morgan fingerprint density at radius 3 is 2.20 bits per heavy atom. The van der Waals surface area contributed by atoms with E-state index in [0.717, 1.165) is 23.3 Å². The second-order valence-corrected chi connectivity index (χ2v) is 9.93. The molecule has 0 saturated carbocycles. The number of amides is 1. The third-order valence-corrected chi connectivity index (χ3v) is 6.69. The molecule has 0 radical (unpaired) electrons. The van der Waals surface area contributed by atoms with Crippen LogP contribution in [0.3, 0.4) is 0 Å². The molecule has 0 aromatic heterocycles. The highest BCUT2D eigenvalue weighted by Gasteiger charge is 2.33. The average Bonchev–Trinajstić information content (AvgIpc) is 2.76. The van der Waals surface area contributed by atoms with Crippen LogP contribution in [0.1, 0.15) is 23.6 Å². The maximum Gasteiger partial charge on any atom is 0.417 e. The molecule has 0 saturated heterocycles. The highest BCUT2D eigenvalue weighted by Crippen LogP contribution is 2.36. The van der Waals surface area contributed by atoms with Crippen molar-refractivity contribution >= 4 is 38.9 Å². The Hall–Kier alpha value is -3.24. The summed E-state index contributed by atoms with van der Waals surface area (Å²) in [5.74, 6) is 0.126. The van der Waals surface area contributed by atoms with E-state index in [1.807, 2.05) is 26.0 Å². The SMILES string of the molecule is Cc1ccc(O[C@H](C)C(=O)Nc2ccc(S(=O)(=O)Nc3ccc(Cl)c(C(F)(F)F)c3)cc2)c(C)c1. The lowest BCUT2D eigenvalue weighted by Crippen LogP contribution is -2.30. The van der Waals surface area contributed by atoms with Crippen molar-refractivity contribution in [1.82, 2.24) is 0 Å². The van der Waals surface area contributed by atoms with Crippen molar-refractivity contribution < 1.29 is 31.1 Å². The monoisotopic (exact) mass is 526 g/mol. The zero-order valence-corrected chi connectivity index (χ0v) is 20.5. The molecular formula is C24H22ClF3N2O4S. The maximum absolute atomic E-state index is 13.0. The largest absolute Gasteiger partial charge is 0.481 e. The fourth-order valence-corrected chi connectivity index (χ4v) is 4.43. The highest BCUT2D eigenvalue weighted by molar-refractivity contribution is 7.92. The van der Waals surface area contributed by atoms with E-state index in [9.17, 15) is 26.4 Å². The lowest BCUT2D eigenvalue weighted by Gasteiger charge is -2.17. The number of carbonyl (C=O) groups is 1. The Balaban J connectivity index is 1.68. The molecule has 0 fully saturated rings. The van der Waals surface area contributed by atoms with E-state index in [1.54, 1.807) is 13.0 Å². The first kappa shape index (κ1) is 26.4. The van der Waals surface area contributed by atoms with E-state index in [1.165, 1.54) is 24.3 Å². The number of alkyl halides is 3. The molecule has 0 aliphatic carbocycles. The van der Waals surface area contributed by atoms with E-state index in [0.29, 0.717) is 17.5 Å². The van der Waals surface area contributed by atoms with Crippen LogP contribution in [0, 0.1) is 13.8 Å². The molecule has 0 spiro atoms. The van der Waals surface area contributed by atoms with Gasteiger partial charge in [-0.05, 0) is 74.9 Å². The van der Waals surface area contributed by atoms with Gasteiger partial charge in [-0.3, -0.25) is 9.52 Å². The summed E-state index contributed by atoms with van der Waals surface area (Å²) in [6.45, 7) is 5.40. The van der Waals surface area contributed by atoms with Gasteiger partial charge in [-0.15, -0.1) is 0 Å². The van der Waals surface area contributed by atoms with Crippen molar-refractivity contribution in [3.63, 3.8) is 0 Å². The minimum atomic E-state index is -4.74. The van der Waals surface area contributed by atoms with Crippen molar-refractivity contribution in [3.05, 3.63) is 82.4 Å². The summed E-state index contributed by atoms with van der Waals surface area (Å²) in [6, 6.07) is 13.4. The van der Waals surface area contributed by atoms with Gasteiger partial charge in [0.05, 0.1) is 15.5 Å². The van der Waals surface area contributed by atoms with Crippen molar-refractivity contribution in [1.29, 1.82) is 0 Å². The summed E-state index contributed by atoms with van der Waals surface area (Å²) < 4.78 is 72.2. The third-order valence-electron chi connectivity index (χ3n) is 4.96. The van der Waals surface area contributed by atoms with Gasteiger partial charge in [-0.1, -0.05) is 29.3 Å². The summed E-state index contributed by atoms with van der Waals surface area (Å²) in [4.78, 5) is 12.3. The number of ether oxygens (including phenoxy) is 1. The van der Waals surface area contributed by atoms with Crippen LogP contribution in [0.4, 0.5) is 24.5 Å². The normalized spacial score (nSPS) is 12.7. The Morgan fingerprint density at radius 1 is 0.971 bits per heavy atom. The van der Waals surface area contributed by atoms with Crippen LogP contribution in [0.25, 0.3) is 0 Å². The molecule has 11 heteroatoms. The molecule has 35 heavy (non-hydrogen) atoms. The van der Waals surface area contributed by atoms with Crippen LogP contribution in [0.2, 0.25) is 5.02 Å². The number of carbonyl (C=O) groups excluding carboxylic acids is 1. The zero-order chi connectivity index (χ0) is 26.0. The van der Waals surface area contributed by atoms with Crippen molar-refractivity contribution in [3.8, 4) is 5.75 Å². The van der Waals surface area contributed by atoms with Crippen LogP contribution in [0.15, 0.2) is 65.6 Å². The maximum atomic E-state index is 13.0. The van der Waals surface area contributed by atoms with Crippen LogP contribution in [0.5, 0.6) is 5.75 Å². The van der Waals surface area contributed by atoms with Gasteiger partial charge in [0.2, 0.25) is 0 Å². The van der Waals surface area contributed by atoms with E-state index in [4.69, 9.17) is 16.3 Å². The van der Waals surface area contributed by atoms with Crippen molar-refractivity contribution in [2.45, 2.75) is 37.9 Å². The molecule has 1 amide bonds. The van der Waals surface area contributed by atoms with Gasteiger partial charge in [0.15, 0.2) is 6.10 Å². The first-order chi connectivity index (χ1) is 16.3. The standard InChI is InChI=1S/C24H22ClF3N2O4S/c1-14-4-11-22(15(2)12-14)34-16(3)23(31)29-17-5-8-19(9-6-17)35(32,33)30-18-7-10-21(25)20(13-18)24(26,27)28/h4-13,16,30H,1-3H3,(H,29,31)/t16-/m1/s1. The number of hydrogen-bond acceptors (Lipinski definition) is 4. The van der Waals surface area contributed by atoms with Crippen LogP contribution in [-0.2, 0) is 21.0 Å². The first-order valence-corrected chi connectivity index (χ1v) is 12.2. The minimum Gasteiger partial charge on any atom is -0.481 e. The molecule has 3 aromatic carbocycles. The molecule has 186 valence electrons. The van der Waals surface area contributed by atoms with E-state index in [2.05, 4.69) is 10.0 Å². The molecule has 6 nitrogen and oxygen atoms in total. The Labute approximate surface area is 206 Å². The number of rotatable bonds is 7. The molecule has 3 rings (SSSR count). The van der Waals surface area contributed by atoms with Gasteiger partial charge in [0, 0.05) is 11.4 Å². The number of sulfonamides is 1. The molecule has 0 unspecified atom stereocenters. The second-order valence-electron chi connectivity index (χ2n) is 7.84. The van der Waals surface area contributed by atoms with Gasteiger partial charge in [-0.2, -0.15) is 13.2 Å². The third kappa shape index (κ3) is 6.67. The van der Waals surface area contributed by atoms with Gasteiger partial charge in [0.25, 0.3) is 15.9 Å². The lowest BCUT2D eigenvalue weighted by atomic mass is 10.1. The van der Waals surface area contributed by atoms with Crippen molar-refractivity contribution in [2.75, 3.05) is 10.0 Å². The smallest absolute Gasteiger partial charge is 0.417 e. The number of aryl methyl sites for hydroxylation is 2. The predicted molar refractivity (Wildman–Crippen MR) is 128 cm³/mol. The van der Waals surface area contributed by atoms with E-state index >= 15 is 0 Å². The predicted octanol–water partition coefficient (Wildman–Crippen LogP) is 6.18. The summed E-state index contributed by atoms with van der Waals surface area (Å²) >= 11 is 5.57. The Bertz CT molecular complexity index is 1340. The van der Waals surface area contributed by atoms with Gasteiger partial charge >= 0.3 is 6.18 Å². The zero-order valence-electron chi connectivity index (χ0n) is 18.9. The summed E-state index contributed by atoms with van der Waals surface area (Å²) in [7, 11) is -4.20. The highest BCUT2D eigenvalue weighted by atomic mass is 35.5. The molecule has 1 atom stereocenters. The number of benzene rings is 3. The van der Waals surface area contributed by atoms with Gasteiger partial charge in [0.1, 0.15) is 5.75 Å². The molecule has 0 bridgehead atoms. The molecule has 0 heterocycles. The van der Waals surface area contributed by atoms with Gasteiger partial charge in [-0.25, -0.2) is 8.42 Å². The molecule has 0 aliphatic rings. The van der Waals surface area contributed by atoms with E-state index in [-0.39, 0.29) is 10.6 Å². The van der Waals surface area contributed by atoms with E-state index < -0.39 is 38.8 Å². The number of anilines is 2. The fraction of sp³-hybridized carbons (Fsp3) is 0.208. The second kappa shape index (κ2) is 10.2. The van der Waals surface area contributed by atoms with Crippen LogP contribution >= 0.6 is 11.6 Å². The molecule has 0 aliphatic heterocycles. The summed E-state index contributed by atoms with van der Waals surface area (Å²) in [6.07, 6.45) is -5.56. The number of halogens is 4. The van der Waals surface area contributed by atoms with Crippen LogP contribution in [-0.4, -0.2) is 20.4 Å². The Kier molecular flexibility index (Phi) is 7.66. The summed E-state index contributed by atoms with van der Waals surface area (Å²) in [5, 5.41) is 2.09. The number of hydrogen-bond donors (Lipinski definition) is 2. The Morgan fingerprint density at radius 2 is 1.60 bits per heavy atom. The summed E-state index contributed by atoms with van der Waals surface area (Å²) in [5.41, 5.74) is 0.810. The lowest BCUT2D eigenvalue weighted by molar-refractivity contribution is -0.137. The average molecular weight is 527 g/mol. The number of nitrogens with one attached hydrogen (secondary N) is 2. The molecular weight excluding hydrogens is 505 g/mol. The minimum absolute atomic E-state index is 0.210. The van der Waals surface area contributed by atoms with Gasteiger partial charge < -0.3 is 10.1 Å². The quantitative estimate of drug-likeness (QED) is 0.385. The fourth-order valence-electron chi connectivity index (χ4n) is 3.16. The first-order valence-electron chi connectivity index (χ1n) is 10.3. The van der Waals surface area contributed by atoms with Crippen LogP contribution < -0.4 is 14.8 Å².